The molecule has 0 amide bonds. The van der Waals surface area contributed by atoms with Gasteiger partial charge in [-0.15, -0.1) is 0 Å². The molecule has 0 bridgehead atoms. The predicted octanol–water partition coefficient (Wildman–Crippen LogP) is -0.844. The van der Waals surface area contributed by atoms with Gasteiger partial charge in [-0.3, -0.25) is 4.72 Å². The van der Waals surface area contributed by atoms with Crippen molar-refractivity contribution >= 4 is 16.0 Å². The standard InChI is InChI=1S/C6H10N4O2S/c7-3-5-1-2-6(9-4-5)10-13(8,11)12/h1-2,4H,3,7H2,(H,9,10)(H2,8,11,12). The maximum atomic E-state index is 10.6. The molecule has 0 saturated heterocycles. The van der Waals surface area contributed by atoms with Gasteiger partial charge < -0.3 is 5.73 Å². The van der Waals surface area contributed by atoms with Gasteiger partial charge in [0.1, 0.15) is 5.82 Å². The molecule has 72 valence electrons. The van der Waals surface area contributed by atoms with Gasteiger partial charge in [-0.25, -0.2) is 10.1 Å². The molecule has 1 aromatic rings. The Morgan fingerprint density at radius 1 is 1.46 bits per heavy atom. The van der Waals surface area contributed by atoms with Crippen LogP contribution in [-0.2, 0) is 16.8 Å². The van der Waals surface area contributed by atoms with Crippen LogP contribution in [0, 0.1) is 0 Å². The van der Waals surface area contributed by atoms with Gasteiger partial charge in [0.25, 0.3) is 10.2 Å². The molecule has 0 fully saturated rings. The number of nitrogens with two attached hydrogens (primary N) is 2. The van der Waals surface area contributed by atoms with Crippen LogP contribution < -0.4 is 15.6 Å². The molecule has 0 aromatic carbocycles. The number of hydrogen-bond donors (Lipinski definition) is 3. The molecule has 0 unspecified atom stereocenters. The zero-order chi connectivity index (χ0) is 9.90. The average molecular weight is 202 g/mol. The van der Waals surface area contributed by atoms with E-state index >= 15 is 0 Å². The highest BCUT2D eigenvalue weighted by molar-refractivity contribution is 7.90. The summed E-state index contributed by atoms with van der Waals surface area (Å²) in [6.45, 7) is 0.364. The van der Waals surface area contributed by atoms with Crippen molar-refractivity contribution < 1.29 is 8.42 Å². The van der Waals surface area contributed by atoms with Crippen LogP contribution in [0.3, 0.4) is 0 Å². The number of pyridine rings is 1. The fourth-order valence-electron chi connectivity index (χ4n) is 0.751. The van der Waals surface area contributed by atoms with Crippen LogP contribution in [0.2, 0.25) is 0 Å². The second kappa shape index (κ2) is 3.69. The number of rotatable bonds is 3. The molecule has 5 N–H and O–H groups in total. The molecule has 1 heterocycles. The predicted molar refractivity (Wildman–Crippen MR) is 48.9 cm³/mol. The quantitative estimate of drug-likeness (QED) is 0.593. The third-order valence-corrected chi connectivity index (χ3v) is 1.80. The third-order valence-electron chi connectivity index (χ3n) is 1.31. The molecule has 0 saturated carbocycles. The van der Waals surface area contributed by atoms with Gasteiger partial charge in [-0.1, -0.05) is 6.07 Å². The van der Waals surface area contributed by atoms with Crippen LogP contribution >= 0.6 is 0 Å². The number of anilines is 1. The number of aromatic nitrogens is 1. The lowest BCUT2D eigenvalue weighted by Gasteiger charge is -2.02. The summed E-state index contributed by atoms with van der Waals surface area (Å²) in [4.78, 5) is 3.78. The van der Waals surface area contributed by atoms with Crippen molar-refractivity contribution in [1.29, 1.82) is 0 Å². The summed E-state index contributed by atoms with van der Waals surface area (Å²) in [5.41, 5.74) is 6.14. The minimum absolute atomic E-state index is 0.180. The molecular weight excluding hydrogens is 192 g/mol. The van der Waals surface area contributed by atoms with Crippen LogP contribution in [0.5, 0.6) is 0 Å². The summed E-state index contributed by atoms with van der Waals surface area (Å²) in [6.07, 6.45) is 1.48. The largest absolute Gasteiger partial charge is 0.326 e. The molecule has 0 radical (unpaired) electrons. The van der Waals surface area contributed by atoms with Gasteiger partial charge in [-0.2, -0.15) is 8.42 Å². The molecule has 0 aliphatic heterocycles. The van der Waals surface area contributed by atoms with E-state index in [1.54, 1.807) is 6.07 Å². The molecule has 0 aliphatic carbocycles. The Kier molecular flexibility index (Phi) is 2.81. The highest BCUT2D eigenvalue weighted by Crippen LogP contribution is 2.04. The molecule has 0 aliphatic rings. The summed E-state index contributed by atoms with van der Waals surface area (Å²) in [5, 5.41) is 4.73. The van der Waals surface area contributed by atoms with Crippen molar-refractivity contribution in [2.45, 2.75) is 6.54 Å². The van der Waals surface area contributed by atoms with E-state index in [0.717, 1.165) is 5.56 Å². The Morgan fingerprint density at radius 2 is 2.15 bits per heavy atom. The first-order chi connectivity index (χ1) is 6.01. The van der Waals surface area contributed by atoms with E-state index in [9.17, 15) is 8.42 Å². The minimum Gasteiger partial charge on any atom is -0.326 e. The van der Waals surface area contributed by atoms with Crippen LogP contribution in [0.1, 0.15) is 5.56 Å². The fraction of sp³-hybridized carbons (Fsp3) is 0.167. The summed E-state index contributed by atoms with van der Waals surface area (Å²) in [6, 6.07) is 3.16. The Morgan fingerprint density at radius 3 is 2.54 bits per heavy atom. The Bertz CT molecular complexity index is 372. The van der Waals surface area contributed by atoms with E-state index in [0.29, 0.717) is 6.54 Å². The van der Waals surface area contributed by atoms with Crippen LogP contribution in [0.4, 0.5) is 5.82 Å². The lowest BCUT2D eigenvalue weighted by atomic mass is 10.3. The fourth-order valence-corrected chi connectivity index (χ4v) is 1.16. The molecular formula is C6H10N4O2S. The maximum absolute atomic E-state index is 10.6. The average Bonchev–Trinajstić information content (AvgIpc) is 2.03. The summed E-state index contributed by atoms with van der Waals surface area (Å²) < 4.78 is 23.1. The van der Waals surface area contributed by atoms with Crippen molar-refractivity contribution in [2.24, 2.45) is 10.9 Å². The highest BCUT2D eigenvalue weighted by Gasteiger charge is 2.02. The van der Waals surface area contributed by atoms with E-state index in [-0.39, 0.29) is 5.82 Å². The van der Waals surface area contributed by atoms with Gasteiger partial charge in [0.15, 0.2) is 0 Å². The van der Waals surface area contributed by atoms with E-state index in [2.05, 4.69) is 4.98 Å². The lowest BCUT2D eigenvalue weighted by Crippen LogP contribution is -2.22. The monoisotopic (exact) mass is 202 g/mol. The van der Waals surface area contributed by atoms with Crippen molar-refractivity contribution in [3.8, 4) is 0 Å². The van der Waals surface area contributed by atoms with Crippen molar-refractivity contribution in [1.82, 2.24) is 4.98 Å². The van der Waals surface area contributed by atoms with Crippen LogP contribution in [-0.4, -0.2) is 13.4 Å². The molecule has 1 aromatic heterocycles. The summed E-state index contributed by atoms with van der Waals surface area (Å²) >= 11 is 0. The molecule has 1 rings (SSSR count). The SMILES string of the molecule is NCc1ccc(NS(N)(=O)=O)nc1. The van der Waals surface area contributed by atoms with E-state index in [1.165, 1.54) is 12.3 Å². The van der Waals surface area contributed by atoms with Crippen molar-refractivity contribution in [3.05, 3.63) is 23.9 Å². The number of nitrogens with zero attached hydrogens (tertiary/aromatic N) is 1. The second-order valence-electron chi connectivity index (χ2n) is 2.40. The van der Waals surface area contributed by atoms with Gasteiger partial charge >= 0.3 is 0 Å². The molecule has 0 spiro atoms. The molecule has 13 heavy (non-hydrogen) atoms. The van der Waals surface area contributed by atoms with Crippen LogP contribution in [0.25, 0.3) is 0 Å². The second-order valence-corrected chi connectivity index (χ2v) is 3.70. The number of hydrogen-bond acceptors (Lipinski definition) is 4. The lowest BCUT2D eigenvalue weighted by molar-refractivity contribution is 0.602. The first kappa shape index (κ1) is 9.90. The first-order valence-electron chi connectivity index (χ1n) is 3.47. The summed E-state index contributed by atoms with van der Waals surface area (Å²) in [7, 11) is -3.74. The maximum Gasteiger partial charge on any atom is 0.297 e. The molecule has 0 atom stereocenters. The van der Waals surface area contributed by atoms with E-state index < -0.39 is 10.2 Å². The van der Waals surface area contributed by atoms with Gasteiger partial charge in [0, 0.05) is 12.7 Å². The molecule has 7 heteroatoms. The topological polar surface area (TPSA) is 111 Å². The Hall–Kier alpha value is -1.18. The van der Waals surface area contributed by atoms with Crippen molar-refractivity contribution in [3.63, 3.8) is 0 Å². The third kappa shape index (κ3) is 3.36. The van der Waals surface area contributed by atoms with E-state index in [4.69, 9.17) is 10.9 Å². The minimum atomic E-state index is -3.74. The van der Waals surface area contributed by atoms with Gasteiger partial charge in [0.2, 0.25) is 0 Å². The zero-order valence-corrected chi connectivity index (χ0v) is 7.58. The molecule has 6 nitrogen and oxygen atoms in total. The van der Waals surface area contributed by atoms with Gasteiger partial charge in [0.05, 0.1) is 0 Å². The first-order valence-corrected chi connectivity index (χ1v) is 5.01. The number of nitrogens with one attached hydrogen (secondary N) is 1. The smallest absolute Gasteiger partial charge is 0.297 e. The zero-order valence-electron chi connectivity index (χ0n) is 6.77. The van der Waals surface area contributed by atoms with Crippen molar-refractivity contribution in [2.75, 3.05) is 4.72 Å². The highest BCUT2D eigenvalue weighted by atomic mass is 32.2. The van der Waals surface area contributed by atoms with E-state index in [1.807, 2.05) is 4.72 Å². The Labute approximate surface area is 76.1 Å². The van der Waals surface area contributed by atoms with Crippen LogP contribution in [0.15, 0.2) is 18.3 Å². The summed E-state index contributed by atoms with van der Waals surface area (Å²) in [5.74, 6) is 0.180. The Balaban J connectivity index is 2.81. The normalized spacial score (nSPS) is 11.2. The van der Waals surface area contributed by atoms with Gasteiger partial charge in [-0.05, 0) is 11.6 Å².